The number of thiophene rings is 1. The number of hydrogen-bond donors (Lipinski definition) is 0. The van der Waals surface area contributed by atoms with Crippen LogP contribution in [0.1, 0.15) is 0 Å². The molecule has 13 aromatic rings. The summed E-state index contributed by atoms with van der Waals surface area (Å²) >= 11 is 1.83. The normalized spacial score (nSPS) is 12.3. The Labute approximate surface area is 324 Å². The number of benzene rings is 10. The zero-order chi connectivity index (χ0) is 36.5. The van der Waals surface area contributed by atoms with E-state index in [1.807, 2.05) is 11.3 Å². The first-order valence-electron chi connectivity index (χ1n) is 19.1. The van der Waals surface area contributed by atoms with Gasteiger partial charge in [0.25, 0.3) is 0 Å². The summed E-state index contributed by atoms with van der Waals surface area (Å²) < 4.78 is 4.96. The lowest BCUT2D eigenvalue weighted by molar-refractivity contribution is 1.09. The van der Waals surface area contributed by atoms with Crippen LogP contribution in [-0.2, 0) is 0 Å². The Hall–Kier alpha value is -7.14. The summed E-state index contributed by atoms with van der Waals surface area (Å²) in [4.78, 5) is 11.3. The summed E-state index contributed by atoms with van der Waals surface area (Å²) in [6.45, 7) is 0. The first-order valence-corrected chi connectivity index (χ1v) is 19.9. The summed E-state index contributed by atoms with van der Waals surface area (Å²) in [6.07, 6.45) is 0. The molecule has 0 bridgehead atoms. The van der Waals surface area contributed by atoms with Gasteiger partial charge in [0.05, 0.1) is 22.1 Å². The van der Waals surface area contributed by atoms with E-state index in [4.69, 9.17) is 9.97 Å². The molecule has 0 atom stereocenters. The molecule has 0 saturated heterocycles. The van der Waals surface area contributed by atoms with Gasteiger partial charge in [-0.05, 0) is 62.0 Å². The van der Waals surface area contributed by atoms with E-state index in [9.17, 15) is 0 Å². The van der Waals surface area contributed by atoms with Crippen LogP contribution in [0.3, 0.4) is 0 Å². The number of hydrogen-bond acceptors (Lipinski definition) is 3. The summed E-state index contributed by atoms with van der Waals surface area (Å²) in [5.41, 5.74) is 5.95. The topological polar surface area (TPSA) is 30.7 Å². The van der Waals surface area contributed by atoms with Crippen LogP contribution < -0.4 is 0 Å². The fraction of sp³-hybridized carbons (Fsp3) is 0. The maximum absolute atomic E-state index is 5.75. The fourth-order valence-electron chi connectivity index (χ4n) is 9.49. The lowest BCUT2D eigenvalue weighted by atomic mass is 9.91. The van der Waals surface area contributed by atoms with Crippen molar-refractivity contribution in [1.29, 1.82) is 0 Å². The molecule has 4 heteroatoms. The third-order valence-corrected chi connectivity index (χ3v) is 13.1. The third-order valence-electron chi connectivity index (χ3n) is 11.9. The molecule has 0 N–H and O–H groups in total. The summed E-state index contributed by atoms with van der Waals surface area (Å²) in [7, 11) is 0. The van der Waals surface area contributed by atoms with Crippen molar-refractivity contribution in [3.8, 4) is 17.1 Å². The first kappa shape index (κ1) is 30.2. The van der Waals surface area contributed by atoms with Crippen molar-refractivity contribution in [3.63, 3.8) is 0 Å². The van der Waals surface area contributed by atoms with Gasteiger partial charge in [0.1, 0.15) is 5.69 Å². The zero-order valence-corrected chi connectivity index (χ0v) is 30.8. The van der Waals surface area contributed by atoms with Gasteiger partial charge in [-0.2, -0.15) is 0 Å². The SMILES string of the molecule is c1ccc2c(c1)ccc1nc(-c3ccc4c(c3)sc3ccccc34)c(-n3c4ccc5c6ccccc6c6ccccc6c5c4c4ccc5ccccc5c43)nc12. The molecule has 0 radical (unpaired) electrons. The van der Waals surface area contributed by atoms with Gasteiger partial charge < -0.3 is 0 Å². The third kappa shape index (κ3) is 4.06. The summed E-state index contributed by atoms with van der Waals surface area (Å²) in [6, 6.07) is 64.1. The molecule has 0 saturated carbocycles. The van der Waals surface area contributed by atoms with Crippen molar-refractivity contribution < 1.29 is 0 Å². The van der Waals surface area contributed by atoms with Crippen molar-refractivity contribution in [2.75, 3.05) is 0 Å². The predicted molar refractivity (Wildman–Crippen MR) is 240 cm³/mol. The van der Waals surface area contributed by atoms with Gasteiger partial charge in [-0.25, -0.2) is 9.97 Å². The van der Waals surface area contributed by atoms with Gasteiger partial charge in [0, 0.05) is 52.7 Å². The van der Waals surface area contributed by atoms with E-state index >= 15 is 0 Å². The van der Waals surface area contributed by atoms with E-state index in [1.54, 1.807) is 0 Å². The van der Waals surface area contributed by atoms with Gasteiger partial charge in [-0.3, -0.25) is 4.57 Å². The highest BCUT2D eigenvalue weighted by molar-refractivity contribution is 7.25. The van der Waals surface area contributed by atoms with E-state index in [0.29, 0.717) is 0 Å². The van der Waals surface area contributed by atoms with E-state index in [0.717, 1.165) is 49.9 Å². The van der Waals surface area contributed by atoms with Gasteiger partial charge >= 0.3 is 0 Å². The molecule has 0 aliphatic heterocycles. The van der Waals surface area contributed by atoms with Gasteiger partial charge in [0.15, 0.2) is 5.82 Å². The number of aromatic nitrogens is 3. The Morgan fingerprint density at radius 2 is 0.964 bits per heavy atom. The summed E-state index contributed by atoms with van der Waals surface area (Å²) in [5, 5.41) is 17.2. The molecule has 0 fully saturated rings. The molecule has 0 unspecified atom stereocenters. The van der Waals surface area contributed by atoms with E-state index in [2.05, 4.69) is 180 Å². The Kier molecular flexibility index (Phi) is 6.04. The van der Waals surface area contributed by atoms with Crippen molar-refractivity contribution >= 4 is 118 Å². The average molecular weight is 728 g/mol. The van der Waals surface area contributed by atoms with Crippen molar-refractivity contribution in [2.24, 2.45) is 0 Å². The molecular formula is C52H29N3S. The highest BCUT2D eigenvalue weighted by atomic mass is 32.1. The lowest BCUT2D eigenvalue weighted by Crippen LogP contribution is -2.04. The predicted octanol–water partition coefficient (Wildman–Crippen LogP) is 14.5. The standard InChI is InChI=1S/C52H29N3S/c1-3-13-33-30(11-1)23-27-43-50(33)54-52(49(53-43)32-22-24-39-38-18-9-10-20-45(38)56-46(39)29-32)55-44-28-26-41-37-17-6-5-15-35(37)36-16-7-8-19-40(36)47(41)48(44)42-25-21-31-12-2-4-14-34(31)51(42)55/h1-29H. The average Bonchev–Trinajstić information content (AvgIpc) is 3.81. The first-order chi connectivity index (χ1) is 27.8. The molecule has 3 aromatic heterocycles. The fourth-order valence-corrected chi connectivity index (χ4v) is 10.6. The molecule has 0 amide bonds. The lowest BCUT2D eigenvalue weighted by Gasteiger charge is -2.16. The van der Waals surface area contributed by atoms with E-state index in [1.165, 1.54) is 74.0 Å². The summed E-state index contributed by atoms with van der Waals surface area (Å²) in [5.74, 6) is 0.829. The van der Waals surface area contributed by atoms with Crippen LogP contribution in [0.5, 0.6) is 0 Å². The van der Waals surface area contributed by atoms with E-state index < -0.39 is 0 Å². The Bertz CT molecular complexity index is 3800. The minimum absolute atomic E-state index is 0.829. The van der Waals surface area contributed by atoms with Crippen LogP contribution in [0.25, 0.3) is 124 Å². The van der Waals surface area contributed by atoms with Crippen LogP contribution in [0.2, 0.25) is 0 Å². The molecule has 10 aromatic carbocycles. The molecule has 3 heterocycles. The van der Waals surface area contributed by atoms with Crippen LogP contribution in [0, 0.1) is 0 Å². The minimum atomic E-state index is 0.829. The molecule has 0 aliphatic rings. The largest absolute Gasteiger partial charge is 0.291 e. The molecule has 13 rings (SSSR count). The van der Waals surface area contributed by atoms with Crippen LogP contribution >= 0.6 is 11.3 Å². The second-order valence-electron chi connectivity index (χ2n) is 14.9. The molecular weight excluding hydrogens is 699 g/mol. The van der Waals surface area contributed by atoms with Crippen molar-refractivity contribution in [1.82, 2.24) is 14.5 Å². The van der Waals surface area contributed by atoms with Crippen LogP contribution in [-0.4, -0.2) is 14.5 Å². The highest BCUT2D eigenvalue weighted by Gasteiger charge is 2.24. The Balaban J connectivity index is 1.25. The van der Waals surface area contributed by atoms with Gasteiger partial charge in [-0.15, -0.1) is 11.3 Å². The van der Waals surface area contributed by atoms with Gasteiger partial charge in [0.2, 0.25) is 0 Å². The van der Waals surface area contributed by atoms with Crippen molar-refractivity contribution in [2.45, 2.75) is 0 Å². The number of fused-ring (bicyclic) bond motifs is 18. The van der Waals surface area contributed by atoms with Crippen LogP contribution in [0.4, 0.5) is 0 Å². The monoisotopic (exact) mass is 727 g/mol. The van der Waals surface area contributed by atoms with Crippen molar-refractivity contribution in [3.05, 3.63) is 176 Å². The zero-order valence-electron chi connectivity index (χ0n) is 30.0. The quantitative estimate of drug-likeness (QED) is 0.166. The smallest absolute Gasteiger partial charge is 0.165 e. The number of rotatable bonds is 2. The Morgan fingerprint density at radius 1 is 0.393 bits per heavy atom. The second-order valence-corrected chi connectivity index (χ2v) is 15.9. The minimum Gasteiger partial charge on any atom is -0.291 e. The second kappa shape index (κ2) is 11.2. The van der Waals surface area contributed by atoms with E-state index in [-0.39, 0.29) is 0 Å². The maximum Gasteiger partial charge on any atom is 0.165 e. The molecule has 56 heavy (non-hydrogen) atoms. The molecule has 0 aliphatic carbocycles. The number of nitrogens with zero attached hydrogens (tertiary/aromatic N) is 3. The van der Waals surface area contributed by atoms with Gasteiger partial charge in [-0.1, -0.05) is 152 Å². The molecule has 0 spiro atoms. The molecule has 3 nitrogen and oxygen atoms in total. The Morgan fingerprint density at radius 3 is 1.77 bits per heavy atom. The maximum atomic E-state index is 5.75. The molecule has 258 valence electrons. The van der Waals surface area contributed by atoms with Crippen LogP contribution in [0.15, 0.2) is 176 Å². The highest BCUT2D eigenvalue weighted by Crippen LogP contribution is 2.46.